The molecular formula is C19H20ClNO4. The van der Waals surface area contributed by atoms with Crippen molar-refractivity contribution in [2.45, 2.75) is 26.9 Å². The predicted molar refractivity (Wildman–Crippen MR) is 97.0 cm³/mol. The van der Waals surface area contributed by atoms with Crippen LogP contribution in [0.2, 0.25) is 5.02 Å². The first-order valence-corrected chi connectivity index (χ1v) is 8.20. The summed E-state index contributed by atoms with van der Waals surface area (Å²) in [6.45, 7) is 5.01. The van der Waals surface area contributed by atoms with E-state index in [1.807, 2.05) is 32.0 Å². The number of rotatable bonds is 6. The quantitative estimate of drug-likeness (QED) is 0.792. The largest absolute Gasteiger partial charge is 0.481 e. The van der Waals surface area contributed by atoms with Crippen LogP contribution in [-0.4, -0.2) is 24.6 Å². The second-order valence-electron chi connectivity index (χ2n) is 5.61. The Hall–Kier alpha value is -2.53. The summed E-state index contributed by atoms with van der Waals surface area (Å²) < 4.78 is 10.6. The van der Waals surface area contributed by atoms with E-state index in [1.165, 1.54) is 6.92 Å². The third-order valence-corrected chi connectivity index (χ3v) is 3.88. The monoisotopic (exact) mass is 361 g/mol. The van der Waals surface area contributed by atoms with Crippen LogP contribution in [0, 0.1) is 13.8 Å². The molecule has 1 atom stereocenters. The zero-order valence-corrected chi connectivity index (χ0v) is 15.1. The number of carbonyl (C=O) groups excluding carboxylic acids is 2. The van der Waals surface area contributed by atoms with Crippen molar-refractivity contribution in [3.05, 3.63) is 58.6 Å². The van der Waals surface area contributed by atoms with Crippen LogP contribution in [0.15, 0.2) is 42.5 Å². The minimum absolute atomic E-state index is 0.268. The summed E-state index contributed by atoms with van der Waals surface area (Å²) in [5.74, 6) is -0.439. The van der Waals surface area contributed by atoms with Gasteiger partial charge in [-0.15, -0.1) is 0 Å². The summed E-state index contributed by atoms with van der Waals surface area (Å²) in [6, 6.07) is 12.5. The van der Waals surface area contributed by atoms with Crippen molar-refractivity contribution in [3.63, 3.8) is 0 Å². The molecule has 2 rings (SSSR count). The van der Waals surface area contributed by atoms with Crippen molar-refractivity contribution in [1.82, 2.24) is 0 Å². The lowest BCUT2D eigenvalue weighted by Gasteiger charge is -2.15. The number of hydrogen-bond donors (Lipinski definition) is 1. The molecule has 0 aliphatic carbocycles. The zero-order valence-electron chi connectivity index (χ0n) is 14.3. The Morgan fingerprint density at radius 3 is 2.36 bits per heavy atom. The number of anilines is 1. The van der Waals surface area contributed by atoms with Crippen molar-refractivity contribution in [2.24, 2.45) is 0 Å². The Balaban J connectivity index is 1.87. The van der Waals surface area contributed by atoms with Crippen LogP contribution in [0.3, 0.4) is 0 Å². The van der Waals surface area contributed by atoms with Crippen molar-refractivity contribution in [3.8, 4) is 5.75 Å². The normalized spacial score (nSPS) is 11.5. The first-order valence-electron chi connectivity index (χ1n) is 7.82. The third kappa shape index (κ3) is 5.22. The Morgan fingerprint density at radius 2 is 1.72 bits per heavy atom. The lowest BCUT2D eigenvalue weighted by atomic mass is 10.1. The molecule has 6 heteroatoms. The van der Waals surface area contributed by atoms with Gasteiger partial charge in [0.15, 0.2) is 12.7 Å². The van der Waals surface area contributed by atoms with Crippen LogP contribution >= 0.6 is 11.6 Å². The molecule has 0 fully saturated rings. The predicted octanol–water partition coefficient (Wildman–Crippen LogP) is 3.91. The maximum absolute atomic E-state index is 12.1. The molecule has 0 unspecified atom stereocenters. The molecule has 0 heterocycles. The first kappa shape index (κ1) is 18.8. The number of halogens is 1. The SMILES string of the molecule is Cc1cccc(C)c1OCC(=O)O[C@@H](C)C(=O)Nc1ccccc1Cl. The second-order valence-corrected chi connectivity index (χ2v) is 6.02. The van der Waals surface area contributed by atoms with E-state index in [-0.39, 0.29) is 6.61 Å². The van der Waals surface area contributed by atoms with Crippen LogP contribution in [0.1, 0.15) is 18.1 Å². The summed E-state index contributed by atoms with van der Waals surface area (Å²) in [7, 11) is 0. The summed E-state index contributed by atoms with van der Waals surface area (Å²) in [5.41, 5.74) is 2.32. The van der Waals surface area contributed by atoms with Gasteiger partial charge in [-0.3, -0.25) is 4.79 Å². The van der Waals surface area contributed by atoms with Gasteiger partial charge < -0.3 is 14.8 Å². The molecule has 1 N–H and O–H groups in total. The molecule has 0 saturated carbocycles. The summed E-state index contributed by atoms with van der Waals surface area (Å²) >= 11 is 5.98. The molecule has 0 saturated heterocycles. The van der Waals surface area contributed by atoms with Gasteiger partial charge in [-0.1, -0.05) is 41.9 Å². The lowest BCUT2D eigenvalue weighted by molar-refractivity contribution is -0.155. The van der Waals surface area contributed by atoms with E-state index in [2.05, 4.69) is 5.32 Å². The van der Waals surface area contributed by atoms with E-state index < -0.39 is 18.0 Å². The number of benzene rings is 2. The molecule has 2 aromatic rings. The maximum Gasteiger partial charge on any atom is 0.344 e. The number of esters is 1. The van der Waals surface area contributed by atoms with Crippen LogP contribution < -0.4 is 10.1 Å². The Kier molecular flexibility index (Phi) is 6.42. The maximum atomic E-state index is 12.1. The lowest BCUT2D eigenvalue weighted by Crippen LogP contribution is -2.31. The van der Waals surface area contributed by atoms with Gasteiger partial charge in [0.05, 0.1) is 10.7 Å². The second kappa shape index (κ2) is 8.53. The number of hydrogen-bond acceptors (Lipinski definition) is 4. The van der Waals surface area contributed by atoms with E-state index in [0.29, 0.717) is 16.5 Å². The average molecular weight is 362 g/mol. The number of nitrogens with one attached hydrogen (secondary N) is 1. The molecule has 5 nitrogen and oxygen atoms in total. The fraction of sp³-hybridized carbons (Fsp3) is 0.263. The summed E-state index contributed by atoms with van der Waals surface area (Å²) in [6.07, 6.45) is -0.967. The Labute approximate surface area is 151 Å². The van der Waals surface area contributed by atoms with Gasteiger partial charge >= 0.3 is 5.97 Å². The van der Waals surface area contributed by atoms with Crippen LogP contribution in [0.25, 0.3) is 0 Å². The van der Waals surface area contributed by atoms with Gasteiger partial charge in [-0.05, 0) is 44.0 Å². The highest BCUT2D eigenvalue weighted by atomic mass is 35.5. The first-order chi connectivity index (χ1) is 11.9. The van der Waals surface area contributed by atoms with E-state index in [4.69, 9.17) is 21.1 Å². The molecule has 25 heavy (non-hydrogen) atoms. The molecule has 1 amide bonds. The van der Waals surface area contributed by atoms with Gasteiger partial charge in [0.25, 0.3) is 5.91 Å². The van der Waals surface area contributed by atoms with Crippen LogP contribution in [0.4, 0.5) is 5.69 Å². The van der Waals surface area contributed by atoms with E-state index in [1.54, 1.807) is 24.3 Å². The number of carbonyl (C=O) groups is 2. The molecule has 0 radical (unpaired) electrons. The van der Waals surface area contributed by atoms with E-state index in [0.717, 1.165) is 11.1 Å². The van der Waals surface area contributed by atoms with Crippen LogP contribution in [0.5, 0.6) is 5.75 Å². The molecule has 0 aliphatic rings. The third-order valence-electron chi connectivity index (χ3n) is 3.55. The highest BCUT2D eigenvalue weighted by molar-refractivity contribution is 6.33. The van der Waals surface area contributed by atoms with Gasteiger partial charge in [0, 0.05) is 0 Å². The summed E-state index contributed by atoms with van der Waals surface area (Å²) in [5, 5.41) is 3.03. The van der Waals surface area contributed by atoms with Crippen molar-refractivity contribution in [2.75, 3.05) is 11.9 Å². The number of para-hydroxylation sites is 2. The topological polar surface area (TPSA) is 64.6 Å². The molecule has 0 aliphatic heterocycles. The highest BCUT2D eigenvalue weighted by Crippen LogP contribution is 2.22. The number of ether oxygens (including phenoxy) is 2. The molecule has 0 bridgehead atoms. The van der Waals surface area contributed by atoms with Gasteiger partial charge in [-0.2, -0.15) is 0 Å². The smallest absolute Gasteiger partial charge is 0.344 e. The Bertz CT molecular complexity index is 756. The zero-order chi connectivity index (χ0) is 18.4. The highest BCUT2D eigenvalue weighted by Gasteiger charge is 2.19. The fourth-order valence-electron chi connectivity index (χ4n) is 2.24. The van der Waals surface area contributed by atoms with E-state index >= 15 is 0 Å². The molecule has 2 aromatic carbocycles. The number of aryl methyl sites for hydroxylation is 2. The van der Waals surface area contributed by atoms with Gasteiger partial charge in [0.1, 0.15) is 5.75 Å². The molecule has 0 aromatic heterocycles. The molecular weight excluding hydrogens is 342 g/mol. The van der Waals surface area contributed by atoms with Crippen molar-refractivity contribution in [1.29, 1.82) is 0 Å². The van der Waals surface area contributed by atoms with Gasteiger partial charge in [-0.25, -0.2) is 4.79 Å². The van der Waals surface area contributed by atoms with Crippen LogP contribution in [-0.2, 0) is 14.3 Å². The van der Waals surface area contributed by atoms with Crippen molar-refractivity contribution >= 4 is 29.2 Å². The van der Waals surface area contributed by atoms with E-state index in [9.17, 15) is 9.59 Å². The molecule has 132 valence electrons. The minimum Gasteiger partial charge on any atom is -0.481 e. The van der Waals surface area contributed by atoms with Crippen molar-refractivity contribution < 1.29 is 19.1 Å². The standard InChI is InChI=1S/C19H20ClNO4/c1-12-7-6-8-13(2)18(12)24-11-17(22)25-14(3)19(23)21-16-10-5-4-9-15(16)20/h4-10,14H,11H2,1-3H3,(H,21,23)/t14-/m0/s1. The number of amides is 1. The average Bonchev–Trinajstić information content (AvgIpc) is 2.56. The minimum atomic E-state index is -0.967. The Morgan fingerprint density at radius 1 is 1.08 bits per heavy atom. The summed E-state index contributed by atoms with van der Waals surface area (Å²) in [4.78, 5) is 24.0. The fourth-order valence-corrected chi connectivity index (χ4v) is 2.42. The van der Waals surface area contributed by atoms with Gasteiger partial charge in [0.2, 0.25) is 0 Å². The molecule has 0 spiro atoms.